The molecular formula is C17H19F2N3O2S. The minimum Gasteiger partial charge on any atom is -0.370 e. The summed E-state index contributed by atoms with van der Waals surface area (Å²) in [4.78, 5) is 19.3. The number of aryl methyl sites for hydroxylation is 1. The number of nitrogens with zero attached hydrogens (tertiary/aromatic N) is 2. The molecule has 1 saturated heterocycles. The number of ether oxygens (including phenoxy) is 1. The summed E-state index contributed by atoms with van der Waals surface area (Å²) >= 11 is 1.61. The van der Waals surface area contributed by atoms with Gasteiger partial charge >= 0.3 is 6.03 Å². The summed E-state index contributed by atoms with van der Waals surface area (Å²) in [5.41, 5.74) is 0.523. The van der Waals surface area contributed by atoms with E-state index in [2.05, 4.69) is 10.3 Å². The highest BCUT2D eigenvalue weighted by Gasteiger charge is 2.26. The molecule has 2 heterocycles. The van der Waals surface area contributed by atoms with Crippen LogP contribution in [0.25, 0.3) is 0 Å². The molecule has 0 aliphatic carbocycles. The van der Waals surface area contributed by atoms with E-state index in [4.69, 9.17) is 4.74 Å². The summed E-state index contributed by atoms with van der Waals surface area (Å²) < 4.78 is 32.0. The van der Waals surface area contributed by atoms with Crippen molar-refractivity contribution in [2.45, 2.75) is 19.4 Å². The largest absolute Gasteiger partial charge is 0.370 e. The molecule has 1 aliphatic heterocycles. The second-order valence-corrected chi connectivity index (χ2v) is 7.14. The molecule has 0 spiro atoms. The van der Waals surface area contributed by atoms with Gasteiger partial charge in [0, 0.05) is 30.6 Å². The highest BCUT2D eigenvalue weighted by Crippen LogP contribution is 2.23. The van der Waals surface area contributed by atoms with Gasteiger partial charge in [-0.3, -0.25) is 0 Å². The SMILES string of the molecule is Cc1cnc(CCNC(=O)N2CCO[C@H](c3ccc(F)c(F)c3)C2)s1. The van der Waals surface area contributed by atoms with E-state index in [9.17, 15) is 13.6 Å². The van der Waals surface area contributed by atoms with Crippen molar-refractivity contribution in [2.24, 2.45) is 0 Å². The number of hydrogen-bond acceptors (Lipinski definition) is 4. The van der Waals surface area contributed by atoms with E-state index in [0.717, 1.165) is 22.0 Å². The Morgan fingerprint density at radius 1 is 1.44 bits per heavy atom. The number of carbonyl (C=O) groups is 1. The standard InChI is InChI=1S/C17H19F2N3O2S/c1-11-9-21-16(25-11)4-5-20-17(23)22-6-7-24-15(10-22)12-2-3-13(18)14(19)8-12/h2-3,8-9,15H,4-7,10H2,1H3,(H,20,23)/t15-/m0/s1. The van der Waals surface area contributed by atoms with Crippen molar-refractivity contribution in [3.63, 3.8) is 0 Å². The lowest BCUT2D eigenvalue weighted by atomic mass is 10.1. The minimum absolute atomic E-state index is 0.191. The van der Waals surface area contributed by atoms with E-state index in [1.54, 1.807) is 16.2 Å². The molecule has 3 rings (SSSR count). The Bertz CT molecular complexity index is 753. The molecule has 1 fully saturated rings. The summed E-state index contributed by atoms with van der Waals surface area (Å²) in [5.74, 6) is -1.81. The Labute approximate surface area is 148 Å². The molecule has 0 radical (unpaired) electrons. The smallest absolute Gasteiger partial charge is 0.317 e. The highest BCUT2D eigenvalue weighted by molar-refractivity contribution is 7.11. The van der Waals surface area contributed by atoms with Gasteiger partial charge in [-0.25, -0.2) is 18.6 Å². The molecule has 25 heavy (non-hydrogen) atoms. The molecule has 0 unspecified atom stereocenters. The molecule has 2 aromatic rings. The minimum atomic E-state index is -0.915. The molecule has 1 aliphatic rings. The second-order valence-electron chi connectivity index (χ2n) is 5.83. The maximum Gasteiger partial charge on any atom is 0.317 e. The molecule has 134 valence electrons. The van der Waals surface area contributed by atoms with E-state index < -0.39 is 17.7 Å². The quantitative estimate of drug-likeness (QED) is 0.904. The lowest BCUT2D eigenvalue weighted by Gasteiger charge is -2.33. The summed E-state index contributed by atoms with van der Waals surface area (Å²) in [7, 11) is 0. The summed E-state index contributed by atoms with van der Waals surface area (Å²) in [5, 5.41) is 3.85. The first kappa shape index (κ1) is 17.8. The van der Waals surface area contributed by atoms with Crippen LogP contribution in [0.5, 0.6) is 0 Å². The van der Waals surface area contributed by atoms with Crippen molar-refractivity contribution in [3.05, 3.63) is 51.5 Å². The maximum atomic E-state index is 13.4. The Balaban J connectivity index is 1.53. The number of carbonyl (C=O) groups excluding carboxylic acids is 1. The predicted molar refractivity (Wildman–Crippen MR) is 90.6 cm³/mol. The van der Waals surface area contributed by atoms with Crippen LogP contribution in [-0.4, -0.2) is 42.2 Å². The summed E-state index contributed by atoms with van der Waals surface area (Å²) in [6.07, 6.45) is 2.04. The fraction of sp³-hybridized carbons (Fsp3) is 0.412. The number of aromatic nitrogens is 1. The third-order valence-electron chi connectivity index (χ3n) is 3.95. The van der Waals surface area contributed by atoms with Gasteiger partial charge in [-0.2, -0.15) is 0 Å². The van der Waals surface area contributed by atoms with Gasteiger partial charge in [0.2, 0.25) is 0 Å². The van der Waals surface area contributed by atoms with Gasteiger partial charge in [-0.1, -0.05) is 6.07 Å². The van der Waals surface area contributed by atoms with Crippen LogP contribution in [-0.2, 0) is 11.2 Å². The van der Waals surface area contributed by atoms with Crippen LogP contribution in [0, 0.1) is 18.6 Å². The third-order valence-corrected chi connectivity index (χ3v) is 4.93. The zero-order valence-electron chi connectivity index (χ0n) is 13.8. The zero-order valence-corrected chi connectivity index (χ0v) is 14.6. The average molecular weight is 367 g/mol. The van der Waals surface area contributed by atoms with E-state index in [0.29, 0.717) is 38.2 Å². The van der Waals surface area contributed by atoms with Crippen LogP contribution in [0.4, 0.5) is 13.6 Å². The Kier molecular flexibility index (Phi) is 5.60. The van der Waals surface area contributed by atoms with Crippen molar-refractivity contribution in [1.82, 2.24) is 15.2 Å². The highest BCUT2D eigenvalue weighted by atomic mass is 32.1. The predicted octanol–water partition coefficient (Wildman–Crippen LogP) is 3.06. The molecule has 0 saturated carbocycles. The fourth-order valence-corrected chi connectivity index (χ4v) is 3.44. The van der Waals surface area contributed by atoms with E-state index in [1.165, 1.54) is 6.07 Å². The number of hydrogen-bond donors (Lipinski definition) is 1. The van der Waals surface area contributed by atoms with Crippen molar-refractivity contribution < 1.29 is 18.3 Å². The van der Waals surface area contributed by atoms with Gasteiger partial charge in [0.15, 0.2) is 11.6 Å². The Morgan fingerprint density at radius 2 is 2.28 bits per heavy atom. The van der Waals surface area contributed by atoms with Gasteiger partial charge in [0.05, 0.1) is 18.2 Å². The number of morpholine rings is 1. The molecule has 5 nitrogen and oxygen atoms in total. The number of benzene rings is 1. The lowest BCUT2D eigenvalue weighted by molar-refractivity contribution is -0.0155. The van der Waals surface area contributed by atoms with Gasteiger partial charge in [-0.05, 0) is 24.6 Å². The van der Waals surface area contributed by atoms with E-state index in [-0.39, 0.29) is 6.03 Å². The molecule has 1 aromatic carbocycles. The molecule has 0 bridgehead atoms. The van der Waals surface area contributed by atoms with Crippen molar-refractivity contribution in [1.29, 1.82) is 0 Å². The third kappa shape index (κ3) is 4.52. The monoisotopic (exact) mass is 367 g/mol. The molecular weight excluding hydrogens is 348 g/mol. The molecule has 1 N–H and O–H groups in total. The summed E-state index contributed by atoms with van der Waals surface area (Å²) in [6, 6.07) is 3.48. The lowest BCUT2D eigenvalue weighted by Crippen LogP contribution is -2.47. The van der Waals surface area contributed by atoms with Gasteiger partial charge in [0.1, 0.15) is 6.10 Å². The van der Waals surface area contributed by atoms with Crippen LogP contribution in [0.2, 0.25) is 0 Å². The van der Waals surface area contributed by atoms with Crippen LogP contribution in [0.3, 0.4) is 0 Å². The second kappa shape index (κ2) is 7.88. The molecule has 1 aromatic heterocycles. The number of urea groups is 1. The average Bonchev–Trinajstić information content (AvgIpc) is 3.02. The molecule has 8 heteroatoms. The van der Waals surface area contributed by atoms with E-state index in [1.807, 2.05) is 13.1 Å². The van der Waals surface area contributed by atoms with Crippen LogP contribution in [0.1, 0.15) is 21.6 Å². The van der Waals surface area contributed by atoms with Crippen LogP contribution < -0.4 is 5.32 Å². The summed E-state index contributed by atoms with van der Waals surface area (Å²) in [6.45, 7) is 3.60. The van der Waals surface area contributed by atoms with Crippen molar-refractivity contribution in [2.75, 3.05) is 26.2 Å². The first-order valence-corrected chi connectivity index (χ1v) is 8.85. The number of halogens is 2. The number of nitrogens with one attached hydrogen (secondary N) is 1. The Morgan fingerprint density at radius 3 is 3.00 bits per heavy atom. The Hall–Kier alpha value is -2.06. The van der Waals surface area contributed by atoms with Crippen LogP contribution >= 0.6 is 11.3 Å². The van der Waals surface area contributed by atoms with E-state index >= 15 is 0 Å². The first-order chi connectivity index (χ1) is 12.0. The maximum absolute atomic E-state index is 13.4. The van der Waals surface area contributed by atoms with Crippen molar-refractivity contribution in [3.8, 4) is 0 Å². The van der Waals surface area contributed by atoms with Crippen LogP contribution in [0.15, 0.2) is 24.4 Å². The van der Waals surface area contributed by atoms with Gasteiger partial charge < -0.3 is 15.0 Å². The number of thiazole rings is 1. The molecule has 2 amide bonds. The zero-order chi connectivity index (χ0) is 17.8. The van der Waals surface area contributed by atoms with Gasteiger partial charge in [0.25, 0.3) is 0 Å². The topological polar surface area (TPSA) is 54.5 Å². The van der Waals surface area contributed by atoms with Gasteiger partial charge in [-0.15, -0.1) is 11.3 Å². The molecule has 1 atom stereocenters. The fourth-order valence-electron chi connectivity index (χ4n) is 2.65. The normalized spacial score (nSPS) is 17.6. The number of rotatable bonds is 4. The van der Waals surface area contributed by atoms with Crippen molar-refractivity contribution >= 4 is 17.4 Å². The first-order valence-electron chi connectivity index (χ1n) is 8.03. The number of amides is 2.